The van der Waals surface area contributed by atoms with Crippen molar-refractivity contribution in [2.24, 2.45) is 0 Å². The summed E-state index contributed by atoms with van der Waals surface area (Å²) in [6.45, 7) is 6.37. The average molecular weight is 398 g/mol. The first-order valence-corrected chi connectivity index (χ1v) is 11.5. The topological polar surface area (TPSA) is 52.7 Å². The van der Waals surface area contributed by atoms with Gasteiger partial charge in [-0.3, -0.25) is 4.79 Å². The van der Waals surface area contributed by atoms with E-state index in [4.69, 9.17) is 0 Å². The molecule has 2 heterocycles. The number of piperidine rings is 1. The highest BCUT2D eigenvalue weighted by Gasteiger charge is 2.46. The first-order valence-electron chi connectivity index (χ1n) is 11.5. The number of benzene rings is 1. The van der Waals surface area contributed by atoms with Crippen molar-refractivity contribution >= 4 is 11.9 Å². The summed E-state index contributed by atoms with van der Waals surface area (Å²) in [6, 6.07) is 8.83. The minimum Gasteiger partial charge on any atom is -0.343 e. The third-order valence-electron chi connectivity index (χ3n) is 7.30. The smallest absolute Gasteiger partial charge is 0.317 e. The molecular weight excluding hydrogens is 362 g/mol. The van der Waals surface area contributed by atoms with Gasteiger partial charge in [-0.05, 0) is 61.0 Å². The lowest BCUT2D eigenvalue weighted by Crippen LogP contribution is -2.48. The number of nitrogens with one attached hydrogen (secondary N) is 1. The van der Waals surface area contributed by atoms with Crippen molar-refractivity contribution in [1.82, 2.24) is 15.1 Å². The Labute approximate surface area is 174 Å². The number of nitrogens with zero attached hydrogens (tertiary/aromatic N) is 2. The molecule has 2 fully saturated rings. The van der Waals surface area contributed by atoms with Crippen molar-refractivity contribution in [1.29, 1.82) is 0 Å². The van der Waals surface area contributed by atoms with Crippen molar-refractivity contribution < 1.29 is 9.59 Å². The van der Waals surface area contributed by atoms with Gasteiger partial charge in [0.15, 0.2) is 0 Å². The minimum absolute atomic E-state index is 0.0837. The first-order chi connectivity index (χ1) is 14.1. The van der Waals surface area contributed by atoms with Crippen molar-refractivity contribution in [3.63, 3.8) is 0 Å². The molecule has 0 bridgehead atoms. The molecule has 158 valence electrons. The maximum atomic E-state index is 12.8. The number of hydrogen-bond donors (Lipinski definition) is 1. The van der Waals surface area contributed by atoms with E-state index in [1.54, 1.807) is 0 Å². The van der Waals surface area contributed by atoms with Crippen LogP contribution in [-0.2, 0) is 10.2 Å². The number of urea groups is 1. The SMILES string of the molecule is CCCCNC(=O)N1CCC2(CC1)C[C@@H](CC(=O)N1CCCC1)c1ccccc12. The maximum absolute atomic E-state index is 12.8. The fourth-order valence-electron chi connectivity index (χ4n) is 5.61. The molecule has 1 N–H and O–H groups in total. The molecule has 1 aromatic rings. The van der Waals surface area contributed by atoms with Gasteiger partial charge < -0.3 is 15.1 Å². The summed E-state index contributed by atoms with van der Waals surface area (Å²) in [5, 5.41) is 3.05. The molecule has 0 saturated carbocycles. The van der Waals surface area contributed by atoms with E-state index < -0.39 is 0 Å². The molecule has 2 saturated heterocycles. The molecule has 3 aliphatic rings. The first kappa shape index (κ1) is 20.2. The Bertz CT molecular complexity index is 733. The van der Waals surface area contributed by atoms with E-state index in [9.17, 15) is 9.59 Å². The number of amides is 3. The number of likely N-dealkylation sites (tertiary alicyclic amines) is 2. The molecule has 3 amide bonds. The van der Waals surface area contributed by atoms with Gasteiger partial charge in [0.2, 0.25) is 5.91 Å². The quantitative estimate of drug-likeness (QED) is 0.763. The van der Waals surface area contributed by atoms with Gasteiger partial charge in [0, 0.05) is 39.1 Å². The van der Waals surface area contributed by atoms with E-state index in [1.165, 1.54) is 11.1 Å². The van der Waals surface area contributed by atoms with Gasteiger partial charge in [-0.2, -0.15) is 0 Å². The summed E-state index contributed by atoms with van der Waals surface area (Å²) in [5.41, 5.74) is 2.94. The second-order valence-electron chi connectivity index (χ2n) is 9.13. The fraction of sp³-hybridized carbons (Fsp3) is 0.667. The Morgan fingerprint density at radius 1 is 1.07 bits per heavy atom. The molecule has 1 atom stereocenters. The number of rotatable bonds is 5. The molecule has 0 unspecified atom stereocenters. The van der Waals surface area contributed by atoms with Gasteiger partial charge in [0.1, 0.15) is 0 Å². The summed E-state index contributed by atoms with van der Waals surface area (Å²) in [7, 11) is 0. The summed E-state index contributed by atoms with van der Waals surface area (Å²) in [4.78, 5) is 29.3. The standard InChI is InChI=1S/C24H35N3O2/c1-2-3-12-25-23(29)27-15-10-24(11-16-27)18-19(20-8-4-5-9-21(20)24)17-22(28)26-13-6-7-14-26/h4-5,8-9,19H,2-3,6-7,10-18H2,1H3,(H,25,29)/t19-/m1/s1. The fourth-order valence-corrected chi connectivity index (χ4v) is 5.61. The molecule has 5 heteroatoms. The van der Waals surface area contributed by atoms with Crippen LogP contribution in [0.1, 0.15) is 75.3 Å². The third kappa shape index (κ3) is 4.15. The zero-order chi connectivity index (χ0) is 20.3. The molecule has 2 aliphatic heterocycles. The van der Waals surface area contributed by atoms with Gasteiger partial charge in [0.25, 0.3) is 0 Å². The highest BCUT2D eigenvalue weighted by Crippen LogP contribution is 2.52. The molecule has 1 aromatic carbocycles. The number of carbonyl (C=O) groups excluding carboxylic acids is 2. The van der Waals surface area contributed by atoms with Gasteiger partial charge in [-0.1, -0.05) is 37.6 Å². The molecule has 1 aliphatic carbocycles. The zero-order valence-corrected chi connectivity index (χ0v) is 17.8. The van der Waals surface area contributed by atoms with Crippen LogP contribution in [-0.4, -0.2) is 54.5 Å². The lowest BCUT2D eigenvalue weighted by Gasteiger charge is -2.40. The van der Waals surface area contributed by atoms with E-state index in [2.05, 4.69) is 41.4 Å². The average Bonchev–Trinajstić information content (AvgIpc) is 3.37. The maximum Gasteiger partial charge on any atom is 0.317 e. The number of fused-ring (bicyclic) bond motifs is 2. The number of unbranched alkanes of at least 4 members (excludes halogenated alkanes) is 1. The Kier molecular flexibility index (Phi) is 6.12. The van der Waals surface area contributed by atoms with Crippen LogP contribution in [0.3, 0.4) is 0 Å². The van der Waals surface area contributed by atoms with Crippen LogP contribution >= 0.6 is 0 Å². The second-order valence-corrected chi connectivity index (χ2v) is 9.13. The van der Waals surface area contributed by atoms with Gasteiger partial charge >= 0.3 is 6.03 Å². The molecule has 29 heavy (non-hydrogen) atoms. The summed E-state index contributed by atoms with van der Waals surface area (Å²) >= 11 is 0. The summed E-state index contributed by atoms with van der Waals surface area (Å²) < 4.78 is 0. The highest BCUT2D eigenvalue weighted by molar-refractivity contribution is 5.78. The van der Waals surface area contributed by atoms with Crippen molar-refractivity contribution in [3.8, 4) is 0 Å². The second kappa shape index (κ2) is 8.76. The van der Waals surface area contributed by atoms with E-state index in [-0.39, 0.29) is 11.4 Å². The summed E-state index contributed by atoms with van der Waals surface area (Å²) in [6.07, 6.45) is 8.11. The number of hydrogen-bond acceptors (Lipinski definition) is 2. The summed E-state index contributed by atoms with van der Waals surface area (Å²) in [5.74, 6) is 0.649. The Morgan fingerprint density at radius 3 is 2.52 bits per heavy atom. The molecule has 4 rings (SSSR count). The van der Waals surface area contributed by atoms with E-state index >= 15 is 0 Å². The Hall–Kier alpha value is -2.04. The van der Waals surface area contributed by atoms with Gasteiger partial charge in [-0.15, -0.1) is 0 Å². The lowest BCUT2D eigenvalue weighted by molar-refractivity contribution is -0.130. The normalized spacial score (nSPS) is 22.7. The van der Waals surface area contributed by atoms with Crippen molar-refractivity contribution in [3.05, 3.63) is 35.4 Å². The minimum atomic E-state index is 0.0837. The van der Waals surface area contributed by atoms with Crippen LogP contribution in [0, 0.1) is 0 Å². The van der Waals surface area contributed by atoms with Crippen LogP contribution in [0.2, 0.25) is 0 Å². The predicted molar refractivity (Wildman–Crippen MR) is 115 cm³/mol. The molecule has 5 nitrogen and oxygen atoms in total. The number of carbonyl (C=O) groups is 2. The van der Waals surface area contributed by atoms with E-state index in [0.29, 0.717) is 18.2 Å². The largest absolute Gasteiger partial charge is 0.343 e. The van der Waals surface area contributed by atoms with Crippen LogP contribution in [0.5, 0.6) is 0 Å². The molecular formula is C24H35N3O2. The van der Waals surface area contributed by atoms with Crippen molar-refractivity contribution in [2.75, 3.05) is 32.7 Å². The van der Waals surface area contributed by atoms with Crippen molar-refractivity contribution in [2.45, 2.75) is 69.6 Å². The van der Waals surface area contributed by atoms with E-state index in [0.717, 1.165) is 77.7 Å². The highest BCUT2D eigenvalue weighted by atomic mass is 16.2. The van der Waals surface area contributed by atoms with Crippen LogP contribution in [0.25, 0.3) is 0 Å². The molecule has 1 spiro atoms. The van der Waals surface area contributed by atoms with E-state index in [1.807, 2.05) is 4.90 Å². The van der Waals surface area contributed by atoms with Crippen LogP contribution < -0.4 is 5.32 Å². The van der Waals surface area contributed by atoms with Gasteiger partial charge in [0.05, 0.1) is 0 Å². The Balaban J connectivity index is 1.42. The molecule has 0 radical (unpaired) electrons. The zero-order valence-electron chi connectivity index (χ0n) is 17.8. The van der Waals surface area contributed by atoms with Crippen LogP contribution in [0.15, 0.2) is 24.3 Å². The third-order valence-corrected chi connectivity index (χ3v) is 7.30. The van der Waals surface area contributed by atoms with Crippen LogP contribution in [0.4, 0.5) is 4.79 Å². The predicted octanol–water partition coefficient (Wildman–Crippen LogP) is 4.03. The molecule has 0 aromatic heterocycles. The van der Waals surface area contributed by atoms with Gasteiger partial charge in [-0.25, -0.2) is 4.79 Å². The lowest BCUT2D eigenvalue weighted by atomic mass is 9.73. The monoisotopic (exact) mass is 397 g/mol. The Morgan fingerprint density at radius 2 is 1.79 bits per heavy atom.